The summed E-state index contributed by atoms with van der Waals surface area (Å²) in [7, 11) is 0.224. The van der Waals surface area contributed by atoms with Crippen LogP contribution in [0.25, 0.3) is 16.6 Å². The number of carbonyl (C=O) groups is 1. The van der Waals surface area contributed by atoms with E-state index >= 15 is 0 Å². The summed E-state index contributed by atoms with van der Waals surface area (Å²) in [5.74, 6) is -0.944. The van der Waals surface area contributed by atoms with Gasteiger partial charge in [-0.15, -0.1) is 0 Å². The van der Waals surface area contributed by atoms with E-state index in [1.165, 1.54) is 40.8 Å². The Morgan fingerprint density at radius 3 is 2.67 bits per heavy atom. The van der Waals surface area contributed by atoms with E-state index in [1.54, 1.807) is 24.4 Å². The van der Waals surface area contributed by atoms with Crippen LogP contribution in [0.2, 0.25) is 25.7 Å². The molecular weight excluding hydrogens is 484 g/mol. The van der Waals surface area contributed by atoms with Gasteiger partial charge in [0, 0.05) is 39.1 Å². The average molecular weight is 514 g/mol. The number of halogens is 2. The summed E-state index contributed by atoms with van der Waals surface area (Å²) in [4.78, 5) is 12.8. The van der Waals surface area contributed by atoms with E-state index < -0.39 is 19.8 Å². The number of rotatable bonds is 10. The number of aromatic nitrogens is 4. The summed E-state index contributed by atoms with van der Waals surface area (Å²) in [6.45, 7) is 7.50. The first-order valence-corrected chi connectivity index (χ1v) is 15.2. The zero-order chi connectivity index (χ0) is 25.9. The average Bonchev–Trinajstić information content (AvgIpc) is 3.42. The molecule has 4 rings (SSSR count). The lowest BCUT2D eigenvalue weighted by molar-refractivity contribution is 0.0700. The number of methoxy groups -OCH3 is 1. The smallest absolute Gasteiger partial charge is 0.255 e. The molecule has 3 heterocycles. The Labute approximate surface area is 208 Å². The molecule has 190 valence electrons. The van der Waals surface area contributed by atoms with Crippen LogP contribution in [0, 0.1) is 11.8 Å². The highest BCUT2D eigenvalue weighted by Gasteiger charge is 2.17. The zero-order valence-electron chi connectivity index (χ0n) is 20.7. The van der Waals surface area contributed by atoms with Crippen LogP contribution in [-0.2, 0) is 18.0 Å². The van der Waals surface area contributed by atoms with Crippen molar-refractivity contribution in [2.45, 2.75) is 39.0 Å². The Bertz CT molecular complexity index is 1380. The van der Waals surface area contributed by atoms with Gasteiger partial charge >= 0.3 is 0 Å². The third-order valence-electron chi connectivity index (χ3n) is 5.68. The molecule has 36 heavy (non-hydrogen) atoms. The van der Waals surface area contributed by atoms with E-state index in [9.17, 15) is 13.6 Å². The second-order valence-corrected chi connectivity index (χ2v) is 15.3. The molecule has 0 aliphatic heterocycles. The molecule has 3 aromatic heterocycles. The summed E-state index contributed by atoms with van der Waals surface area (Å²) in [5.41, 5.74) is 2.34. The highest BCUT2D eigenvalue weighted by molar-refractivity contribution is 6.76. The van der Waals surface area contributed by atoms with Crippen molar-refractivity contribution in [3.05, 3.63) is 71.8 Å². The number of hydrogen-bond acceptors (Lipinski definition) is 5. The van der Waals surface area contributed by atoms with Gasteiger partial charge in [0.25, 0.3) is 5.91 Å². The van der Waals surface area contributed by atoms with E-state index in [1.807, 2.05) is 0 Å². The minimum atomic E-state index is -1.22. The molecule has 0 radical (unpaired) electrons. The maximum absolute atomic E-state index is 15.0. The molecule has 1 N–H and O–H groups in total. The van der Waals surface area contributed by atoms with Crippen LogP contribution in [0.15, 0.2) is 48.9 Å². The fourth-order valence-electron chi connectivity index (χ4n) is 3.62. The summed E-state index contributed by atoms with van der Waals surface area (Å²) in [6.07, 6.45) is 4.52. The first kappa shape index (κ1) is 25.5. The fourth-order valence-corrected chi connectivity index (χ4v) is 4.38. The number of carbonyl (C=O) groups excluding carboxylic acids is 1. The largest absolute Gasteiger partial charge is 0.497 e. The fraction of sp³-hybridized carbons (Fsp3) is 0.320. The van der Waals surface area contributed by atoms with Crippen molar-refractivity contribution in [3.63, 3.8) is 0 Å². The van der Waals surface area contributed by atoms with Crippen molar-refractivity contribution < 1.29 is 23.0 Å². The molecule has 1 aromatic carbocycles. The maximum atomic E-state index is 15.0. The summed E-state index contributed by atoms with van der Waals surface area (Å²) in [6, 6.07) is 8.65. The van der Waals surface area contributed by atoms with E-state index in [0.717, 1.165) is 6.04 Å². The van der Waals surface area contributed by atoms with Crippen molar-refractivity contribution in [1.29, 1.82) is 0 Å². The van der Waals surface area contributed by atoms with Crippen molar-refractivity contribution in [3.8, 4) is 16.9 Å². The number of nitrogens with one attached hydrogen (secondary N) is 1. The van der Waals surface area contributed by atoms with Gasteiger partial charge in [-0.05, 0) is 29.8 Å². The van der Waals surface area contributed by atoms with E-state index in [-0.39, 0.29) is 19.2 Å². The van der Waals surface area contributed by atoms with Crippen LogP contribution in [0.4, 0.5) is 8.78 Å². The van der Waals surface area contributed by atoms with Crippen molar-refractivity contribution >= 4 is 19.5 Å². The maximum Gasteiger partial charge on any atom is 0.255 e. The van der Waals surface area contributed by atoms with Crippen LogP contribution in [0.1, 0.15) is 15.9 Å². The zero-order valence-corrected chi connectivity index (χ0v) is 21.7. The van der Waals surface area contributed by atoms with Gasteiger partial charge in [-0.1, -0.05) is 25.7 Å². The lowest BCUT2D eigenvalue weighted by Gasteiger charge is -2.15. The molecule has 0 bridgehead atoms. The van der Waals surface area contributed by atoms with Crippen molar-refractivity contribution in [2.24, 2.45) is 0 Å². The van der Waals surface area contributed by atoms with E-state index in [0.29, 0.717) is 40.1 Å². The Balaban J connectivity index is 1.44. The molecule has 8 nitrogen and oxygen atoms in total. The molecule has 0 aliphatic rings. The third-order valence-corrected chi connectivity index (χ3v) is 7.38. The molecule has 0 saturated carbocycles. The number of hydrogen-bond donors (Lipinski definition) is 1. The van der Waals surface area contributed by atoms with E-state index in [2.05, 4.69) is 35.2 Å². The molecule has 0 atom stereocenters. The second-order valence-electron chi connectivity index (χ2n) is 9.68. The third kappa shape index (κ3) is 5.97. The number of nitrogens with zero attached hydrogens (tertiary/aromatic N) is 4. The predicted molar refractivity (Wildman–Crippen MR) is 135 cm³/mol. The number of pyridine rings is 1. The Morgan fingerprint density at radius 1 is 1.11 bits per heavy atom. The van der Waals surface area contributed by atoms with Crippen molar-refractivity contribution in [1.82, 2.24) is 24.7 Å². The van der Waals surface area contributed by atoms with Gasteiger partial charge in [-0.2, -0.15) is 14.6 Å². The lowest BCUT2D eigenvalue weighted by Crippen LogP contribution is -2.22. The van der Waals surface area contributed by atoms with Gasteiger partial charge < -0.3 is 14.8 Å². The minimum Gasteiger partial charge on any atom is -0.497 e. The Hall–Kier alpha value is -3.57. The normalized spacial score (nSPS) is 11.7. The van der Waals surface area contributed by atoms with Gasteiger partial charge in [0.2, 0.25) is 5.95 Å². The predicted octanol–water partition coefficient (Wildman–Crippen LogP) is 4.73. The number of fused-ring (bicyclic) bond motifs is 1. The van der Waals surface area contributed by atoms with Crippen LogP contribution >= 0.6 is 0 Å². The first-order valence-electron chi connectivity index (χ1n) is 11.5. The molecule has 11 heteroatoms. The molecule has 4 aromatic rings. The minimum absolute atomic E-state index is 0.0435. The molecular formula is C25H29F2N5O3Si. The molecule has 0 unspecified atom stereocenters. The summed E-state index contributed by atoms with van der Waals surface area (Å²) < 4.78 is 42.0. The highest BCUT2D eigenvalue weighted by Crippen LogP contribution is 2.24. The van der Waals surface area contributed by atoms with Gasteiger partial charge in [0.15, 0.2) is 0 Å². The topological polar surface area (TPSA) is 82.7 Å². The van der Waals surface area contributed by atoms with Crippen LogP contribution in [0.3, 0.4) is 0 Å². The van der Waals surface area contributed by atoms with Gasteiger partial charge in [-0.25, -0.2) is 13.6 Å². The van der Waals surface area contributed by atoms with Crippen LogP contribution in [-0.4, -0.2) is 47.1 Å². The molecule has 0 spiro atoms. The number of benzene rings is 1. The SMILES string of the molecule is COc1cc(F)cc(CNC(=O)c2cnn3cc(-c4cnn(COCC[Si](C)(C)C)c4F)ccc23)c1. The molecule has 0 saturated heterocycles. The van der Waals surface area contributed by atoms with E-state index in [4.69, 9.17) is 9.47 Å². The van der Waals surface area contributed by atoms with Gasteiger partial charge in [0.05, 0.1) is 36.1 Å². The molecule has 1 amide bonds. The summed E-state index contributed by atoms with van der Waals surface area (Å²) in [5, 5.41) is 11.1. The second kappa shape index (κ2) is 10.6. The Kier molecular flexibility index (Phi) is 7.50. The standard InChI is InChI=1S/C25H29F2N5O3Si/c1-34-20-10-17(9-19(26)11-20)12-28-25(33)22-14-29-31-15-18(5-6-23(22)31)21-13-30-32(24(21)27)16-35-7-8-36(2,3)4/h5-6,9-11,13-15H,7-8,12,16H2,1-4H3,(H,28,33). The first-order chi connectivity index (χ1) is 17.1. The number of amides is 1. The monoisotopic (exact) mass is 513 g/mol. The van der Waals surface area contributed by atoms with Gasteiger partial charge in [0.1, 0.15) is 18.3 Å². The van der Waals surface area contributed by atoms with Crippen LogP contribution < -0.4 is 10.1 Å². The summed E-state index contributed by atoms with van der Waals surface area (Å²) >= 11 is 0. The lowest BCUT2D eigenvalue weighted by atomic mass is 10.1. The van der Waals surface area contributed by atoms with Gasteiger partial charge in [-0.3, -0.25) is 4.79 Å². The number of ether oxygens (including phenoxy) is 2. The molecule has 0 aliphatic carbocycles. The molecule has 0 fully saturated rings. The highest BCUT2D eigenvalue weighted by atomic mass is 28.3. The quantitative estimate of drug-likeness (QED) is 0.245. The Morgan fingerprint density at radius 2 is 1.92 bits per heavy atom. The van der Waals surface area contributed by atoms with Crippen molar-refractivity contribution in [2.75, 3.05) is 13.7 Å². The van der Waals surface area contributed by atoms with Crippen LogP contribution in [0.5, 0.6) is 5.75 Å².